The molecule has 0 fully saturated rings. The first-order valence-corrected chi connectivity index (χ1v) is 9.11. The monoisotopic (exact) mass is 384 g/mol. The van der Waals surface area contributed by atoms with Crippen LogP contribution in [0, 0.1) is 10.1 Å². The Hall–Kier alpha value is -3.27. The summed E-state index contributed by atoms with van der Waals surface area (Å²) in [5.41, 5.74) is 1.99. The van der Waals surface area contributed by atoms with E-state index in [2.05, 4.69) is 27.8 Å². The third-order valence-corrected chi connectivity index (χ3v) is 4.66. The fraction of sp³-hybridized carbons (Fsp3) is 0.176. The number of nitro groups is 1. The second kappa shape index (κ2) is 8.41. The number of rotatable bonds is 7. The van der Waals surface area contributed by atoms with Gasteiger partial charge in [0.2, 0.25) is 11.1 Å². The molecule has 138 valence electrons. The summed E-state index contributed by atoms with van der Waals surface area (Å²) in [6.45, 7) is 2.07. The third-order valence-electron chi connectivity index (χ3n) is 3.74. The van der Waals surface area contributed by atoms with E-state index in [4.69, 9.17) is 0 Å². The van der Waals surface area contributed by atoms with Crippen molar-refractivity contribution in [3.05, 3.63) is 64.2 Å². The van der Waals surface area contributed by atoms with Crippen molar-refractivity contribution in [1.82, 2.24) is 20.2 Å². The molecule has 0 saturated carbocycles. The molecule has 9 nitrogen and oxygen atoms in total. The van der Waals surface area contributed by atoms with Crippen molar-refractivity contribution in [3.8, 4) is 5.69 Å². The molecular formula is C17H16N6O3S. The smallest absolute Gasteiger partial charge is 0.292 e. The summed E-state index contributed by atoms with van der Waals surface area (Å²) in [6, 6.07) is 13.8. The number of nitrogens with one attached hydrogen (secondary N) is 1. The number of aryl methyl sites for hydroxylation is 1. The van der Waals surface area contributed by atoms with E-state index in [0.29, 0.717) is 5.16 Å². The SMILES string of the molecule is CCc1ccc(-n2nnnc2SCC(=O)Nc2ccccc2[N+](=O)[O-])cc1. The predicted molar refractivity (Wildman–Crippen MR) is 101 cm³/mol. The molecule has 0 spiro atoms. The van der Waals surface area contributed by atoms with Crippen LogP contribution in [-0.4, -0.2) is 36.8 Å². The molecular weight excluding hydrogens is 368 g/mol. The minimum Gasteiger partial charge on any atom is -0.320 e. The van der Waals surface area contributed by atoms with Crippen LogP contribution in [0.5, 0.6) is 0 Å². The Bertz CT molecular complexity index is 957. The molecule has 0 aliphatic carbocycles. The number of nitro benzene ring substituents is 1. The van der Waals surface area contributed by atoms with Crippen LogP contribution in [0.4, 0.5) is 11.4 Å². The maximum atomic E-state index is 12.2. The van der Waals surface area contributed by atoms with Crippen LogP contribution >= 0.6 is 11.8 Å². The standard InChI is InChI=1S/C17H16N6O3S/c1-2-12-7-9-13(10-8-12)22-17(19-20-21-22)27-11-16(24)18-14-5-3-4-6-15(14)23(25)26/h3-10H,2,11H2,1H3,(H,18,24). The van der Waals surface area contributed by atoms with E-state index in [0.717, 1.165) is 23.9 Å². The number of para-hydroxylation sites is 2. The second-order valence-corrected chi connectivity index (χ2v) is 6.45. The molecule has 27 heavy (non-hydrogen) atoms. The van der Waals surface area contributed by atoms with Crippen LogP contribution in [0.25, 0.3) is 5.69 Å². The highest BCUT2D eigenvalue weighted by Gasteiger charge is 2.16. The first-order valence-electron chi connectivity index (χ1n) is 8.12. The van der Waals surface area contributed by atoms with Gasteiger partial charge >= 0.3 is 0 Å². The molecule has 0 unspecified atom stereocenters. The van der Waals surface area contributed by atoms with Crippen molar-refractivity contribution >= 4 is 29.0 Å². The molecule has 1 aromatic heterocycles. The lowest BCUT2D eigenvalue weighted by Crippen LogP contribution is -2.15. The van der Waals surface area contributed by atoms with Crippen LogP contribution in [0.15, 0.2) is 53.7 Å². The number of thioether (sulfide) groups is 1. The minimum absolute atomic E-state index is 0.0134. The zero-order valence-electron chi connectivity index (χ0n) is 14.4. The number of carbonyl (C=O) groups excluding carboxylic acids is 1. The Labute approximate surface area is 158 Å². The van der Waals surface area contributed by atoms with Crippen molar-refractivity contribution in [1.29, 1.82) is 0 Å². The molecule has 3 rings (SSSR count). The van der Waals surface area contributed by atoms with Crippen molar-refractivity contribution in [2.24, 2.45) is 0 Å². The average Bonchev–Trinajstić information content (AvgIpc) is 3.15. The molecule has 1 N–H and O–H groups in total. The largest absolute Gasteiger partial charge is 0.320 e. The van der Waals surface area contributed by atoms with Gasteiger partial charge in [-0.05, 0) is 40.6 Å². The van der Waals surface area contributed by atoms with Gasteiger partial charge in [0.25, 0.3) is 5.69 Å². The number of hydrogen-bond donors (Lipinski definition) is 1. The highest BCUT2D eigenvalue weighted by molar-refractivity contribution is 7.99. The zero-order chi connectivity index (χ0) is 19.2. The Morgan fingerprint density at radius 1 is 1.22 bits per heavy atom. The molecule has 0 bridgehead atoms. The van der Waals surface area contributed by atoms with E-state index in [1.807, 2.05) is 24.3 Å². The minimum atomic E-state index is -0.538. The van der Waals surface area contributed by atoms with Gasteiger partial charge in [0.1, 0.15) is 5.69 Å². The first-order chi connectivity index (χ1) is 13.1. The number of amides is 1. The van der Waals surface area contributed by atoms with Gasteiger partial charge in [-0.3, -0.25) is 14.9 Å². The maximum Gasteiger partial charge on any atom is 0.292 e. The molecule has 0 aliphatic heterocycles. The van der Waals surface area contributed by atoms with E-state index in [-0.39, 0.29) is 23.0 Å². The fourth-order valence-electron chi connectivity index (χ4n) is 2.36. The van der Waals surface area contributed by atoms with Crippen molar-refractivity contribution in [2.75, 3.05) is 11.1 Å². The highest BCUT2D eigenvalue weighted by Crippen LogP contribution is 2.24. The number of tetrazole rings is 1. The van der Waals surface area contributed by atoms with Gasteiger partial charge in [-0.1, -0.05) is 43.0 Å². The maximum absolute atomic E-state index is 12.2. The number of carbonyl (C=O) groups is 1. The topological polar surface area (TPSA) is 116 Å². The van der Waals surface area contributed by atoms with Gasteiger partial charge in [0.15, 0.2) is 0 Å². The molecule has 0 atom stereocenters. The van der Waals surface area contributed by atoms with E-state index < -0.39 is 4.92 Å². The fourth-order valence-corrected chi connectivity index (χ4v) is 3.05. The summed E-state index contributed by atoms with van der Waals surface area (Å²) < 4.78 is 1.54. The lowest BCUT2D eigenvalue weighted by molar-refractivity contribution is -0.383. The molecule has 0 aliphatic rings. The molecule has 1 heterocycles. The number of anilines is 1. The van der Waals surface area contributed by atoms with Crippen LogP contribution in [0.2, 0.25) is 0 Å². The Morgan fingerprint density at radius 3 is 2.67 bits per heavy atom. The summed E-state index contributed by atoms with van der Waals surface area (Å²) in [5, 5.41) is 25.6. The van der Waals surface area contributed by atoms with Crippen molar-refractivity contribution in [3.63, 3.8) is 0 Å². The summed E-state index contributed by atoms with van der Waals surface area (Å²) in [7, 11) is 0. The lowest BCUT2D eigenvalue weighted by atomic mass is 10.1. The van der Waals surface area contributed by atoms with Gasteiger partial charge < -0.3 is 5.32 Å². The number of hydrogen-bond acceptors (Lipinski definition) is 7. The summed E-state index contributed by atoms with van der Waals surface area (Å²) in [5.74, 6) is -0.371. The summed E-state index contributed by atoms with van der Waals surface area (Å²) >= 11 is 1.15. The Morgan fingerprint density at radius 2 is 1.96 bits per heavy atom. The molecule has 3 aromatic rings. The van der Waals surface area contributed by atoms with E-state index >= 15 is 0 Å². The van der Waals surface area contributed by atoms with Gasteiger partial charge in [0.05, 0.1) is 16.4 Å². The summed E-state index contributed by atoms with van der Waals surface area (Å²) in [4.78, 5) is 22.7. The quantitative estimate of drug-likeness (QED) is 0.378. The lowest BCUT2D eigenvalue weighted by Gasteiger charge is -2.06. The van der Waals surface area contributed by atoms with E-state index in [9.17, 15) is 14.9 Å². The highest BCUT2D eigenvalue weighted by atomic mass is 32.2. The molecule has 10 heteroatoms. The van der Waals surface area contributed by atoms with Crippen LogP contribution < -0.4 is 5.32 Å². The number of benzene rings is 2. The van der Waals surface area contributed by atoms with Gasteiger partial charge in [0, 0.05) is 6.07 Å². The molecule has 2 aromatic carbocycles. The molecule has 0 radical (unpaired) electrons. The molecule has 1 amide bonds. The predicted octanol–water partition coefficient (Wildman–Crippen LogP) is 2.86. The summed E-state index contributed by atoms with van der Waals surface area (Å²) in [6.07, 6.45) is 0.934. The average molecular weight is 384 g/mol. The van der Waals surface area contributed by atoms with Crippen LogP contribution in [0.3, 0.4) is 0 Å². The normalized spacial score (nSPS) is 10.6. The van der Waals surface area contributed by atoms with Crippen molar-refractivity contribution < 1.29 is 9.72 Å². The second-order valence-electron chi connectivity index (χ2n) is 5.50. The van der Waals surface area contributed by atoms with Crippen molar-refractivity contribution in [2.45, 2.75) is 18.5 Å². The van der Waals surface area contributed by atoms with Gasteiger partial charge in [-0.15, -0.1) is 5.10 Å². The Balaban J connectivity index is 1.66. The van der Waals surface area contributed by atoms with Crippen LogP contribution in [-0.2, 0) is 11.2 Å². The van der Waals surface area contributed by atoms with Gasteiger partial charge in [-0.25, -0.2) is 0 Å². The van der Waals surface area contributed by atoms with Crippen LogP contribution in [0.1, 0.15) is 12.5 Å². The first kappa shape index (κ1) is 18.5. The van der Waals surface area contributed by atoms with Gasteiger partial charge in [-0.2, -0.15) is 4.68 Å². The van der Waals surface area contributed by atoms with E-state index in [1.165, 1.54) is 17.7 Å². The Kier molecular flexibility index (Phi) is 5.77. The third kappa shape index (κ3) is 4.47. The molecule has 0 saturated heterocycles. The number of nitrogens with zero attached hydrogens (tertiary/aromatic N) is 5. The zero-order valence-corrected chi connectivity index (χ0v) is 15.2. The number of aromatic nitrogens is 4. The van der Waals surface area contributed by atoms with E-state index in [1.54, 1.807) is 16.8 Å².